The van der Waals surface area contributed by atoms with Crippen molar-refractivity contribution in [1.29, 1.82) is 0 Å². The summed E-state index contributed by atoms with van der Waals surface area (Å²) in [5.41, 5.74) is 0.649. The molecule has 1 N–H and O–H groups in total. The molecule has 1 saturated heterocycles. The van der Waals surface area contributed by atoms with E-state index in [1.165, 1.54) is 12.1 Å². The smallest absolute Gasteiger partial charge is 0.335 e. The van der Waals surface area contributed by atoms with Gasteiger partial charge in [0.05, 0.1) is 12.3 Å². The van der Waals surface area contributed by atoms with Crippen molar-refractivity contribution >= 4 is 29.6 Å². The molecule has 0 unspecified atom stereocenters. The second-order valence-electron chi connectivity index (χ2n) is 5.97. The van der Waals surface area contributed by atoms with E-state index in [-0.39, 0.29) is 18.1 Å². The van der Waals surface area contributed by atoms with Crippen molar-refractivity contribution in [2.24, 2.45) is 0 Å². The van der Waals surface area contributed by atoms with Gasteiger partial charge in [-0.1, -0.05) is 18.2 Å². The van der Waals surface area contributed by atoms with Gasteiger partial charge < -0.3 is 14.2 Å². The molecule has 0 aliphatic carbocycles. The van der Waals surface area contributed by atoms with Crippen LogP contribution in [-0.4, -0.2) is 31.2 Å². The first-order chi connectivity index (χ1) is 13.6. The minimum absolute atomic E-state index is 0.0663. The minimum Gasteiger partial charge on any atom is -0.493 e. The zero-order chi connectivity index (χ0) is 19.7. The van der Waals surface area contributed by atoms with Crippen LogP contribution in [-0.2, 0) is 9.59 Å². The van der Waals surface area contributed by atoms with E-state index in [0.29, 0.717) is 29.4 Å². The Kier molecular flexibility index (Phi) is 4.44. The highest BCUT2D eigenvalue weighted by atomic mass is 16.7. The van der Waals surface area contributed by atoms with Gasteiger partial charge in [-0.3, -0.25) is 14.9 Å². The van der Waals surface area contributed by atoms with Gasteiger partial charge in [0.2, 0.25) is 6.79 Å². The monoisotopic (exact) mass is 380 g/mol. The number of carbonyl (C=O) groups excluding carboxylic acids is 3. The summed E-state index contributed by atoms with van der Waals surface area (Å²) >= 11 is 0. The molecule has 8 nitrogen and oxygen atoms in total. The summed E-state index contributed by atoms with van der Waals surface area (Å²) in [4.78, 5) is 38.5. The number of nitrogens with zero attached hydrogens (tertiary/aromatic N) is 1. The summed E-state index contributed by atoms with van der Waals surface area (Å²) in [5.74, 6) is -0.0323. The Morgan fingerprint density at radius 1 is 1.11 bits per heavy atom. The van der Waals surface area contributed by atoms with Gasteiger partial charge in [-0.2, -0.15) is 0 Å². The Labute approximate surface area is 160 Å². The number of carbonyl (C=O) groups is 3. The molecule has 8 heteroatoms. The van der Waals surface area contributed by atoms with E-state index in [1.807, 2.05) is 6.92 Å². The van der Waals surface area contributed by atoms with E-state index in [2.05, 4.69) is 5.32 Å². The molecular weight excluding hydrogens is 364 g/mol. The highest BCUT2D eigenvalue weighted by Crippen LogP contribution is 2.36. The van der Waals surface area contributed by atoms with Crippen LogP contribution in [0.15, 0.2) is 48.0 Å². The fourth-order valence-corrected chi connectivity index (χ4v) is 2.96. The third kappa shape index (κ3) is 3.05. The minimum atomic E-state index is -0.830. The molecule has 0 saturated carbocycles. The maximum absolute atomic E-state index is 13.0. The average Bonchev–Trinajstić information content (AvgIpc) is 3.14. The number of para-hydroxylation sites is 1. The number of fused-ring (bicyclic) bond motifs is 1. The molecule has 1 fully saturated rings. The number of ether oxygens (including phenoxy) is 3. The summed E-state index contributed by atoms with van der Waals surface area (Å²) in [6.07, 6.45) is 1.41. The topological polar surface area (TPSA) is 94.2 Å². The molecule has 2 aromatic rings. The van der Waals surface area contributed by atoms with Crippen molar-refractivity contribution in [2.45, 2.75) is 6.92 Å². The fourth-order valence-electron chi connectivity index (χ4n) is 2.96. The molecule has 2 aromatic carbocycles. The van der Waals surface area contributed by atoms with Crippen LogP contribution in [0.2, 0.25) is 0 Å². The van der Waals surface area contributed by atoms with Gasteiger partial charge in [0.1, 0.15) is 11.3 Å². The van der Waals surface area contributed by atoms with Gasteiger partial charge in [-0.15, -0.1) is 0 Å². The molecule has 0 aromatic heterocycles. The van der Waals surface area contributed by atoms with Crippen molar-refractivity contribution in [3.05, 3.63) is 53.6 Å². The largest absolute Gasteiger partial charge is 0.493 e. The molecule has 2 aliphatic rings. The number of benzene rings is 2. The van der Waals surface area contributed by atoms with E-state index >= 15 is 0 Å². The predicted molar refractivity (Wildman–Crippen MR) is 99.2 cm³/mol. The molecule has 4 amide bonds. The fraction of sp³-hybridized carbons (Fsp3) is 0.150. The van der Waals surface area contributed by atoms with Crippen LogP contribution >= 0.6 is 0 Å². The summed E-state index contributed by atoms with van der Waals surface area (Å²) in [6, 6.07) is 10.8. The number of anilines is 1. The molecule has 0 atom stereocenters. The Balaban J connectivity index is 1.73. The number of barbiturate groups is 1. The lowest BCUT2D eigenvalue weighted by Gasteiger charge is -2.26. The van der Waals surface area contributed by atoms with Crippen LogP contribution in [0.4, 0.5) is 10.5 Å². The summed E-state index contributed by atoms with van der Waals surface area (Å²) in [6.45, 7) is 2.33. The number of urea groups is 1. The first kappa shape index (κ1) is 17.6. The maximum Gasteiger partial charge on any atom is 0.335 e. The van der Waals surface area contributed by atoms with E-state index in [0.717, 1.165) is 4.90 Å². The molecule has 0 bridgehead atoms. The lowest BCUT2D eigenvalue weighted by molar-refractivity contribution is -0.122. The highest BCUT2D eigenvalue weighted by molar-refractivity contribution is 6.39. The zero-order valence-corrected chi connectivity index (χ0v) is 14.9. The lowest BCUT2D eigenvalue weighted by atomic mass is 10.1. The quantitative estimate of drug-likeness (QED) is 0.647. The molecule has 0 spiro atoms. The first-order valence-electron chi connectivity index (χ1n) is 8.61. The van der Waals surface area contributed by atoms with Crippen LogP contribution in [0.3, 0.4) is 0 Å². The number of rotatable bonds is 4. The van der Waals surface area contributed by atoms with Gasteiger partial charge in [0, 0.05) is 11.6 Å². The molecular formula is C20H16N2O6. The van der Waals surface area contributed by atoms with E-state index in [1.54, 1.807) is 36.4 Å². The Hall–Kier alpha value is -3.81. The van der Waals surface area contributed by atoms with Gasteiger partial charge in [-0.05, 0) is 31.2 Å². The summed E-state index contributed by atoms with van der Waals surface area (Å²) in [7, 11) is 0. The Morgan fingerprint density at radius 2 is 1.89 bits per heavy atom. The second kappa shape index (κ2) is 7.07. The second-order valence-corrected chi connectivity index (χ2v) is 5.97. The number of hydrogen-bond acceptors (Lipinski definition) is 6. The van der Waals surface area contributed by atoms with E-state index < -0.39 is 17.8 Å². The van der Waals surface area contributed by atoms with Crippen LogP contribution < -0.4 is 24.4 Å². The number of nitrogens with one attached hydrogen (secondary N) is 1. The van der Waals surface area contributed by atoms with Crippen LogP contribution in [0.5, 0.6) is 17.2 Å². The first-order valence-corrected chi connectivity index (χ1v) is 8.61. The van der Waals surface area contributed by atoms with Crippen LogP contribution in [0, 0.1) is 0 Å². The number of amides is 4. The van der Waals surface area contributed by atoms with E-state index in [4.69, 9.17) is 14.2 Å². The molecule has 2 aliphatic heterocycles. The maximum atomic E-state index is 13.0. The Bertz CT molecular complexity index is 1010. The van der Waals surface area contributed by atoms with Gasteiger partial charge >= 0.3 is 6.03 Å². The zero-order valence-electron chi connectivity index (χ0n) is 14.9. The van der Waals surface area contributed by atoms with Gasteiger partial charge in [0.25, 0.3) is 11.8 Å². The Morgan fingerprint density at radius 3 is 2.71 bits per heavy atom. The number of imide groups is 2. The SMILES string of the molecule is CCOc1ccccc1/C=C1/C(=O)NC(=O)N(c2ccc3c(c2)OCO3)C1=O. The number of hydrogen-bond donors (Lipinski definition) is 1. The average molecular weight is 380 g/mol. The van der Waals surface area contributed by atoms with Crippen LogP contribution in [0.25, 0.3) is 6.08 Å². The van der Waals surface area contributed by atoms with E-state index in [9.17, 15) is 14.4 Å². The third-order valence-electron chi connectivity index (χ3n) is 4.23. The van der Waals surface area contributed by atoms with Crippen molar-refractivity contribution in [1.82, 2.24) is 5.32 Å². The molecule has 142 valence electrons. The normalized spacial score (nSPS) is 17.1. The standard InChI is InChI=1S/C20H16N2O6/c1-2-26-15-6-4-3-5-12(15)9-14-18(23)21-20(25)22(19(14)24)13-7-8-16-17(10-13)28-11-27-16/h3-10H,2,11H2,1H3,(H,21,23,25)/b14-9-. The predicted octanol–water partition coefficient (Wildman–Crippen LogP) is 2.48. The van der Waals surface area contributed by atoms with Gasteiger partial charge in [0.15, 0.2) is 11.5 Å². The molecule has 0 radical (unpaired) electrons. The molecule has 4 rings (SSSR count). The summed E-state index contributed by atoms with van der Waals surface area (Å²) < 4.78 is 16.1. The highest BCUT2D eigenvalue weighted by Gasteiger charge is 2.37. The van der Waals surface area contributed by atoms with Crippen molar-refractivity contribution < 1.29 is 28.6 Å². The van der Waals surface area contributed by atoms with Gasteiger partial charge in [-0.25, -0.2) is 9.69 Å². The molecule has 28 heavy (non-hydrogen) atoms. The van der Waals surface area contributed by atoms with Crippen molar-refractivity contribution in [3.8, 4) is 17.2 Å². The van der Waals surface area contributed by atoms with Crippen molar-refractivity contribution in [2.75, 3.05) is 18.3 Å². The molecule has 2 heterocycles. The van der Waals surface area contributed by atoms with Crippen molar-refractivity contribution in [3.63, 3.8) is 0 Å². The summed E-state index contributed by atoms with van der Waals surface area (Å²) in [5, 5.41) is 2.19. The third-order valence-corrected chi connectivity index (χ3v) is 4.23. The lowest BCUT2D eigenvalue weighted by Crippen LogP contribution is -2.54. The van der Waals surface area contributed by atoms with Crippen LogP contribution in [0.1, 0.15) is 12.5 Å².